The van der Waals surface area contributed by atoms with Gasteiger partial charge in [0, 0.05) is 35.1 Å². The predicted octanol–water partition coefficient (Wildman–Crippen LogP) is 6.88. The number of nitrogens with one attached hydrogen (secondary N) is 1. The molecule has 0 fully saturated rings. The summed E-state index contributed by atoms with van der Waals surface area (Å²) in [7, 11) is 0. The summed E-state index contributed by atoms with van der Waals surface area (Å²) in [5, 5.41) is 5.82. The number of rotatable bonds is 2. The Labute approximate surface area is 181 Å². The van der Waals surface area contributed by atoms with Gasteiger partial charge < -0.3 is 5.32 Å². The first kappa shape index (κ1) is 18.1. The molecule has 150 valence electrons. The van der Waals surface area contributed by atoms with Crippen molar-refractivity contribution < 1.29 is 0 Å². The van der Waals surface area contributed by atoms with Crippen molar-refractivity contribution in [3.63, 3.8) is 0 Å². The molecule has 1 atom stereocenters. The standard InChI is InChI=1S/C28H23N3/c1-18-4-6-19(7-5-18)25-13-10-22-17-21(9-12-26(22)31-25)23-14-16-30-28-24(23)11-8-20-3-2-15-29-27(20)28/h2-6,8-14,16-17,19,29H,7,15H2,1H3. The highest BCUT2D eigenvalue weighted by Gasteiger charge is 2.15. The van der Waals surface area contributed by atoms with Crippen molar-refractivity contribution in [1.29, 1.82) is 0 Å². The maximum atomic E-state index is 4.97. The molecular weight excluding hydrogens is 378 g/mol. The van der Waals surface area contributed by atoms with Gasteiger partial charge in [0.05, 0.1) is 16.7 Å². The fourth-order valence-corrected chi connectivity index (χ4v) is 4.62. The van der Waals surface area contributed by atoms with Crippen molar-refractivity contribution in [3.8, 4) is 11.1 Å². The van der Waals surface area contributed by atoms with Crippen LogP contribution in [0.4, 0.5) is 5.69 Å². The lowest BCUT2D eigenvalue weighted by molar-refractivity contribution is 0.815. The van der Waals surface area contributed by atoms with Crippen molar-refractivity contribution in [2.24, 2.45) is 0 Å². The molecule has 3 heteroatoms. The summed E-state index contributed by atoms with van der Waals surface area (Å²) in [6.07, 6.45) is 14.0. The van der Waals surface area contributed by atoms with E-state index in [-0.39, 0.29) is 0 Å². The van der Waals surface area contributed by atoms with E-state index in [2.05, 4.69) is 91.2 Å². The normalized spacial score (nSPS) is 17.5. The zero-order valence-corrected chi connectivity index (χ0v) is 17.5. The van der Waals surface area contributed by atoms with Crippen molar-refractivity contribution in [2.75, 3.05) is 11.9 Å². The molecule has 0 radical (unpaired) electrons. The molecule has 6 rings (SSSR count). The van der Waals surface area contributed by atoms with E-state index in [9.17, 15) is 0 Å². The Morgan fingerprint density at radius 1 is 1.00 bits per heavy atom. The van der Waals surface area contributed by atoms with Crippen LogP contribution in [0.25, 0.3) is 39.0 Å². The van der Waals surface area contributed by atoms with Gasteiger partial charge in [-0.1, -0.05) is 60.2 Å². The lowest BCUT2D eigenvalue weighted by atomic mass is 9.93. The second kappa shape index (κ2) is 7.21. The molecule has 0 saturated heterocycles. The molecule has 1 N–H and O–H groups in total. The summed E-state index contributed by atoms with van der Waals surface area (Å²) in [6.45, 7) is 2.99. The van der Waals surface area contributed by atoms with Gasteiger partial charge in [-0.2, -0.15) is 0 Å². The Bertz CT molecular complexity index is 1430. The smallest absolute Gasteiger partial charge is 0.0945 e. The number of aromatic nitrogens is 2. The van der Waals surface area contributed by atoms with Crippen LogP contribution in [0.5, 0.6) is 0 Å². The van der Waals surface area contributed by atoms with E-state index in [1.54, 1.807) is 0 Å². The number of pyridine rings is 2. The van der Waals surface area contributed by atoms with Crippen LogP contribution in [0.1, 0.15) is 30.5 Å². The first-order valence-corrected chi connectivity index (χ1v) is 10.8. The maximum Gasteiger partial charge on any atom is 0.0945 e. The van der Waals surface area contributed by atoms with Crippen LogP contribution in [0.2, 0.25) is 0 Å². The van der Waals surface area contributed by atoms with Gasteiger partial charge in [-0.3, -0.25) is 9.97 Å². The van der Waals surface area contributed by atoms with E-state index in [0.717, 1.165) is 40.8 Å². The summed E-state index contributed by atoms with van der Waals surface area (Å²) in [6, 6.07) is 17.4. The van der Waals surface area contributed by atoms with E-state index in [1.807, 2.05) is 6.20 Å². The largest absolute Gasteiger partial charge is 0.379 e. The van der Waals surface area contributed by atoms with Gasteiger partial charge in [-0.15, -0.1) is 0 Å². The molecule has 3 nitrogen and oxygen atoms in total. The zero-order chi connectivity index (χ0) is 20.8. The highest BCUT2D eigenvalue weighted by Crippen LogP contribution is 2.36. The van der Waals surface area contributed by atoms with E-state index >= 15 is 0 Å². The Kier molecular flexibility index (Phi) is 4.20. The van der Waals surface area contributed by atoms with E-state index in [1.165, 1.54) is 27.6 Å². The Morgan fingerprint density at radius 3 is 2.87 bits per heavy atom. The first-order valence-electron chi connectivity index (χ1n) is 10.8. The molecule has 31 heavy (non-hydrogen) atoms. The second-order valence-corrected chi connectivity index (χ2v) is 8.36. The molecule has 4 aromatic rings. The Morgan fingerprint density at radius 2 is 1.97 bits per heavy atom. The van der Waals surface area contributed by atoms with Crippen molar-refractivity contribution >= 4 is 33.6 Å². The number of hydrogen-bond donors (Lipinski definition) is 1. The van der Waals surface area contributed by atoms with Crippen LogP contribution in [0, 0.1) is 0 Å². The quantitative estimate of drug-likeness (QED) is 0.398. The summed E-state index contributed by atoms with van der Waals surface area (Å²) < 4.78 is 0. The molecule has 0 amide bonds. The van der Waals surface area contributed by atoms with Gasteiger partial charge in [-0.05, 0) is 54.3 Å². The summed E-state index contributed by atoms with van der Waals surface area (Å²) in [4.78, 5) is 9.66. The third kappa shape index (κ3) is 3.14. The van der Waals surface area contributed by atoms with Gasteiger partial charge in [0.1, 0.15) is 0 Å². The van der Waals surface area contributed by atoms with Gasteiger partial charge in [0.2, 0.25) is 0 Å². The third-order valence-electron chi connectivity index (χ3n) is 6.33. The fourth-order valence-electron chi connectivity index (χ4n) is 4.62. The molecule has 3 heterocycles. The summed E-state index contributed by atoms with van der Waals surface area (Å²) in [5.41, 5.74) is 9.25. The molecule has 1 aliphatic carbocycles. The van der Waals surface area contributed by atoms with Gasteiger partial charge in [0.25, 0.3) is 0 Å². The van der Waals surface area contributed by atoms with Crippen LogP contribution in [-0.2, 0) is 0 Å². The van der Waals surface area contributed by atoms with E-state index in [4.69, 9.17) is 9.97 Å². The van der Waals surface area contributed by atoms with Gasteiger partial charge in [-0.25, -0.2) is 0 Å². The van der Waals surface area contributed by atoms with Crippen molar-refractivity contribution in [1.82, 2.24) is 9.97 Å². The number of anilines is 1. The number of benzene rings is 2. The molecule has 0 saturated carbocycles. The zero-order valence-electron chi connectivity index (χ0n) is 17.5. The van der Waals surface area contributed by atoms with Crippen LogP contribution < -0.4 is 5.32 Å². The van der Waals surface area contributed by atoms with Gasteiger partial charge >= 0.3 is 0 Å². The van der Waals surface area contributed by atoms with Crippen LogP contribution in [0.15, 0.2) is 84.6 Å². The second-order valence-electron chi connectivity index (χ2n) is 8.36. The average Bonchev–Trinajstić information content (AvgIpc) is 2.83. The van der Waals surface area contributed by atoms with E-state index in [0.29, 0.717) is 5.92 Å². The predicted molar refractivity (Wildman–Crippen MR) is 130 cm³/mol. The van der Waals surface area contributed by atoms with Gasteiger partial charge in [0.15, 0.2) is 0 Å². The fraction of sp³-hybridized carbons (Fsp3) is 0.143. The Hall–Kier alpha value is -3.72. The SMILES string of the molecule is CC1=CCC(c2ccc3cc(-c4ccnc5c6c(ccc45)C=CCN6)ccc3n2)C=C1. The molecular formula is C28H23N3. The molecule has 2 aromatic carbocycles. The molecule has 1 aliphatic heterocycles. The highest BCUT2D eigenvalue weighted by atomic mass is 14.9. The van der Waals surface area contributed by atoms with Crippen LogP contribution in [-0.4, -0.2) is 16.5 Å². The molecule has 0 bridgehead atoms. The average molecular weight is 402 g/mol. The first-order chi connectivity index (χ1) is 15.3. The highest BCUT2D eigenvalue weighted by molar-refractivity contribution is 6.04. The minimum absolute atomic E-state index is 0.365. The monoisotopic (exact) mass is 401 g/mol. The number of hydrogen-bond acceptors (Lipinski definition) is 3. The lowest BCUT2D eigenvalue weighted by Gasteiger charge is -2.17. The molecule has 2 aromatic heterocycles. The third-order valence-corrected chi connectivity index (χ3v) is 6.33. The van der Waals surface area contributed by atoms with Crippen LogP contribution >= 0.6 is 0 Å². The molecule has 1 unspecified atom stereocenters. The lowest BCUT2D eigenvalue weighted by Crippen LogP contribution is -2.05. The molecule has 0 spiro atoms. The Balaban J connectivity index is 1.42. The van der Waals surface area contributed by atoms with Crippen LogP contribution in [0.3, 0.4) is 0 Å². The minimum Gasteiger partial charge on any atom is -0.379 e. The minimum atomic E-state index is 0.365. The molecule has 2 aliphatic rings. The van der Waals surface area contributed by atoms with Crippen molar-refractivity contribution in [3.05, 3.63) is 95.9 Å². The van der Waals surface area contributed by atoms with Crippen molar-refractivity contribution in [2.45, 2.75) is 19.3 Å². The summed E-state index contributed by atoms with van der Waals surface area (Å²) >= 11 is 0. The number of fused-ring (bicyclic) bond motifs is 4. The number of allylic oxidation sites excluding steroid dienone is 4. The van der Waals surface area contributed by atoms with E-state index < -0.39 is 0 Å². The topological polar surface area (TPSA) is 37.8 Å². The summed E-state index contributed by atoms with van der Waals surface area (Å²) in [5.74, 6) is 0.365. The maximum absolute atomic E-state index is 4.97. The number of nitrogens with zero attached hydrogens (tertiary/aromatic N) is 2.